The minimum absolute atomic E-state index is 0.0651. The van der Waals surface area contributed by atoms with Crippen molar-refractivity contribution in [1.29, 1.82) is 0 Å². The normalized spacial score (nSPS) is 14.8. The molecule has 3 rings (SSSR count). The van der Waals surface area contributed by atoms with Crippen LogP contribution in [0.5, 0.6) is 0 Å². The van der Waals surface area contributed by atoms with Crippen molar-refractivity contribution in [1.82, 2.24) is 4.98 Å². The molecule has 0 N–H and O–H groups in total. The van der Waals surface area contributed by atoms with Crippen molar-refractivity contribution >= 4 is 11.4 Å². The second-order valence-corrected chi connectivity index (χ2v) is 5.57. The number of oxazole rings is 1. The van der Waals surface area contributed by atoms with Crippen LogP contribution in [-0.4, -0.2) is 10.8 Å². The van der Waals surface area contributed by atoms with Gasteiger partial charge in [-0.25, -0.2) is 4.98 Å². The van der Waals surface area contributed by atoms with Crippen molar-refractivity contribution < 1.29 is 9.21 Å². The maximum absolute atomic E-state index is 12.2. The number of allylic oxidation sites excluding steroid dienone is 2. The first-order valence-electron chi connectivity index (χ1n) is 7.46. The Balaban J connectivity index is 1.70. The zero-order chi connectivity index (χ0) is 14.7. The quantitative estimate of drug-likeness (QED) is 0.782. The van der Waals surface area contributed by atoms with E-state index in [0.29, 0.717) is 11.7 Å². The van der Waals surface area contributed by atoms with Gasteiger partial charge in [-0.1, -0.05) is 35.9 Å². The third-order valence-corrected chi connectivity index (χ3v) is 3.83. The molecular weight excluding hydrogens is 262 g/mol. The number of hydrogen-bond donors (Lipinski definition) is 0. The summed E-state index contributed by atoms with van der Waals surface area (Å²) in [5, 5.41) is 0. The number of carbonyl (C=O) groups excluding carboxylic acids is 1. The van der Waals surface area contributed by atoms with Gasteiger partial charge in [0.2, 0.25) is 5.89 Å². The fourth-order valence-corrected chi connectivity index (χ4v) is 2.57. The first kappa shape index (κ1) is 13.8. The molecule has 21 heavy (non-hydrogen) atoms. The van der Waals surface area contributed by atoms with E-state index in [1.54, 1.807) is 6.20 Å². The Hall–Kier alpha value is -2.16. The predicted octanol–water partition coefficient (Wildman–Crippen LogP) is 4.37. The molecule has 0 aliphatic heterocycles. The van der Waals surface area contributed by atoms with Gasteiger partial charge in [0.15, 0.2) is 5.78 Å². The van der Waals surface area contributed by atoms with Crippen molar-refractivity contribution in [2.24, 2.45) is 0 Å². The number of aromatic nitrogens is 1. The van der Waals surface area contributed by atoms with Gasteiger partial charge in [0.25, 0.3) is 0 Å². The Morgan fingerprint density at radius 3 is 2.76 bits per heavy atom. The average Bonchev–Trinajstić information content (AvgIpc) is 2.97. The van der Waals surface area contributed by atoms with Crippen molar-refractivity contribution in [2.75, 3.05) is 0 Å². The molecule has 3 heteroatoms. The van der Waals surface area contributed by atoms with E-state index in [0.717, 1.165) is 24.0 Å². The minimum atomic E-state index is 0.0651. The van der Waals surface area contributed by atoms with Crippen LogP contribution in [-0.2, 0) is 6.42 Å². The molecule has 108 valence electrons. The summed E-state index contributed by atoms with van der Waals surface area (Å²) in [5.41, 5.74) is 3.04. The highest BCUT2D eigenvalue weighted by Crippen LogP contribution is 2.26. The topological polar surface area (TPSA) is 43.1 Å². The van der Waals surface area contributed by atoms with Crippen molar-refractivity contribution in [3.05, 3.63) is 59.3 Å². The molecule has 0 saturated heterocycles. The number of benzene rings is 1. The van der Waals surface area contributed by atoms with Gasteiger partial charge in [0.1, 0.15) is 5.76 Å². The summed E-state index contributed by atoms with van der Waals surface area (Å²) >= 11 is 0. The lowest BCUT2D eigenvalue weighted by molar-refractivity contribution is 0.0987. The number of carbonyl (C=O) groups is 1. The van der Waals surface area contributed by atoms with Gasteiger partial charge in [-0.2, -0.15) is 0 Å². The molecule has 1 aliphatic rings. The molecule has 1 aliphatic carbocycles. The number of hydrogen-bond acceptors (Lipinski definition) is 3. The molecule has 3 nitrogen and oxygen atoms in total. The van der Waals surface area contributed by atoms with E-state index >= 15 is 0 Å². The van der Waals surface area contributed by atoms with E-state index in [4.69, 9.17) is 4.42 Å². The largest absolute Gasteiger partial charge is 0.441 e. The van der Waals surface area contributed by atoms with E-state index in [1.807, 2.05) is 31.2 Å². The fraction of sp³-hybridized carbons (Fsp3) is 0.333. The third-order valence-electron chi connectivity index (χ3n) is 3.83. The summed E-state index contributed by atoms with van der Waals surface area (Å²) in [7, 11) is 0. The van der Waals surface area contributed by atoms with Crippen LogP contribution in [0.3, 0.4) is 0 Å². The maximum Gasteiger partial charge on any atom is 0.221 e. The van der Waals surface area contributed by atoms with Crippen molar-refractivity contribution in [3.63, 3.8) is 0 Å². The molecule has 0 spiro atoms. The van der Waals surface area contributed by atoms with Crippen LogP contribution in [0.25, 0.3) is 5.57 Å². The Morgan fingerprint density at radius 1 is 1.24 bits per heavy atom. The van der Waals surface area contributed by atoms with Crippen molar-refractivity contribution in [3.8, 4) is 0 Å². The first-order valence-corrected chi connectivity index (χ1v) is 7.46. The number of ketones is 1. The SMILES string of the molecule is Cc1ccc(C(=O)Cc2cnc(C3=CCCCC3)o2)cc1. The maximum atomic E-state index is 12.2. The highest BCUT2D eigenvalue weighted by atomic mass is 16.4. The van der Waals surface area contributed by atoms with E-state index in [1.165, 1.54) is 18.4 Å². The Labute approximate surface area is 124 Å². The van der Waals surface area contributed by atoms with Gasteiger partial charge in [-0.05, 0) is 32.6 Å². The van der Waals surface area contributed by atoms with Crippen LogP contribution in [0, 0.1) is 6.92 Å². The summed E-state index contributed by atoms with van der Waals surface area (Å²) in [5.74, 6) is 1.39. The Bertz CT molecular complexity index is 665. The van der Waals surface area contributed by atoms with Gasteiger partial charge >= 0.3 is 0 Å². The highest BCUT2D eigenvalue weighted by molar-refractivity contribution is 5.97. The van der Waals surface area contributed by atoms with Crippen LogP contribution in [0.2, 0.25) is 0 Å². The molecule has 0 saturated carbocycles. The number of rotatable bonds is 4. The van der Waals surface area contributed by atoms with E-state index < -0.39 is 0 Å². The molecule has 0 atom stereocenters. The number of Topliss-reactive ketones (excluding diaryl/α,β-unsaturated/α-hetero) is 1. The van der Waals surface area contributed by atoms with Crippen LogP contribution in [0.1, 0.15) is 53.3 Å². The summed E-state index contributed by atoms with van der Waals surface area (Å²) in [6.45, 7) is 2.01. The lowest BCUT2D eigenvalue weighted by atomic mass is 10.00. The van der Waals surface area contributed by atoms with E-state index in [2.05, 4.69) is 11.1 Å². The molecule has 2 aromatic rings. The molecule has 0 unspecified atom stereocenters. The molecule has 0 bridgehead atoms. The third kappa shape index (κ3) is 3.30. The second kappa shape index (κ2) is 6.08. The number of nitrogens with zero attached hydrogens (tertiary/aromatic N) is 1. The smallest absolute Gasteiger partial charge is 0.221 e. The van der Waals surface area contributed by atoms with E-state index in [9.17, 15) is 4.79 Å². The molecule has 1 heterocycles. The standard InChI is InChI=1S/C18H19NO2/c1-13-7-9-14(10-8-13)17(20)11-16-12-19-18(21-16)15-5-3-2-4-6-15/h5,7-10,12H,2-4,6,11H2,1H3. The molecule has 0 amide bonds. The van der Waals surface area contributed by atoms with E-state index in [-0.39, 0.29) is 12.2 Å². The lowest BCUT2D eigenvalue weighted by Gasteiger charge is -2.08. The van der Waals surface area contributed by atoms with Gasteiger partial charge in [-0.3, -0.25) is 4.79 Å². The molecule has 0 radical (unpaired) electrons. The number of aryl methyl sites for hydroxylation is 1. The van der Waals surface area contributed by atoms with Gasteiger partial charge < -0.3 is 4.42 Å². The monoisotopic (exact) mass is 281 g/mol. The minimum Gasteiger partial charge on any atom is -0.441 e. The molecular formula is C18H19NO2. The Morgan fingerprint density at radius 2 is 2.05 bits per heavy atom. The van der Waals surface area contributed by atoms with Crippen LogP contribution < -0.4 is 0 Å². The fourth-order valence-electron chi connectivity index (χ4n) is 2.57. The van der Waals surface area contributed by atoms with Gasteiger partial charge in [-0.15, -0.1) is 0 Å². The van der Waals surface area contributed by atoms with Crippen molar-refractivity contribution in [2.45, 2.75) is 39.0 Å². The zero-order valence-corrected chi connectivity index (χ0v) is 12.3. The highest BCUT2D eigenvalue weighted by Gasteiger charge is 2.14. The van der Waals surface area contributed by atoms with Crippen LogP contribution in [0.15, 0.2) is 41.0 Å². The molecule has 0 fully saturated rings. The summed E-state index contributed by atoms with van der Waals surface area (Å²) < 4.78 is 5.74. The van der Waals surface area contributed by atoms with Crippen LogP contribution in [0.4, 0.5) is 0 Å². The molecule has 1 aromatic heterocycles. The first-order chi connectivity index (χ1) is 10.2. The zero-order valence-electron chi connectivity index (χ0n) is 12.3. The summed E-state index contributed by atoms with van der Waals surface area (Å²) in [6.07, 6.45) is 8.68. The van der Waals surface area contributed by atoms with Gasteiger partial charge in [0, 0.05) is 11.1 Å². The summed E-state index contributed by atoms with van der Waals surface area (Å²) in [4.78, 5) is 16.5. The predicted molar refractivity (Wildman–Crippen MR) is 82.2 cm³/mol. The summed E-state index contributed by atoms with van der Waals surface area (Å²) in [6, 6.07) is 7.62. The lowest BCUT2D eigenvalue weighted by Crippen LogP contribution is -2.02. The van der Waals surface area contributed by atoms with Gasteiger partial charge in [0.05, 0.1) is 12.6 Å². The Kier molecular flexibility index (Phi) is 4.00. The average molecular weight is 281 g/mol. The van der Waals surface area contributed by atoms with Crippen LogP contribution >= 0.6 is 0 Å². The molecule has 1 aromatic carbocycles. The second-order valence-electron chi connectivity index (χ2n) is 5.57.